The normalized spacial score (nSPS) is 11.0. The number of hydrogen-bond donors (Lipinski definition) is 1. The lowest BCUT2D eigenvalue weighted by atomic mass is 10.1. The lowest BCUT2D eigenvalue weighted by Crippen LogP contribution is -2.38. The number of nitrogens with one attached hydrogen (secondary N) is 1. The average molecular weight is 532 g/mol. The van der Waals surface area contributed by atoms with Gasteiger partial charge in [-0.05, 0) is 73.0 Å². The number of aromatic nitrogens is 1. The van der Waals surface area contributed by atoms with Crippen molar-refractivity contribution >= 4 is 27.3 Å². The summed E-state index contributed by atoms with van der Waals surface area (Å²) in [5, 5.41) is 2.80. The highest BCUT2D eigenvalue weighted by molar-refractivity contribution is 7.92. The number of benzene rings is 3. The Balaban J connectivity index is 1.60. The molecule has 3 aromatic carbocycles. The Hall–Kier alpha value is -4.37. The predicted octanol–water partition coefficient (Wildman–Crippen LogP) is 4.83. The van der Waals surface area contributed by atoms with Crippen molar-refractivity contribution < 1.29 is 22.7 Å². The summed E-state index contributed by atoms with van der Waals surface area (Å²) >= 11 is 0. The summed E-state index contributed by atoms with van der Waals surface area (Å²) in [6.07, 6.45) is 4.23. The quantitative estimate of drug-likeness (QED) is 0.315. The Morgan fingerprint density at radius 2 is 1.53 bits per heavy atom. The zero-order valence-corrected chi connectivity index (χ0v) is 22.2. The van der Waals surface area contributed by atoms with Gasteiger partial charge >= 0.3 is 0 Å². The molecule has 0 saturated heterocycles. The Morgan fingerprint density at radius 1 is 0.868 bits per heavy atom. The van der Waals surface area contributed by atoms with E-state index in [0.717, 1.165) is 27.4 Å². The molecular weight excluding hydrogens is 502 g/mol. The molecular formula is C29H29N3O5S. The highest BCUT2D eigenvalue weighted by Gasteiger charge is 2.30. The third-order valence-corrected chi connectivity index (χ3v) is 7.72. The Morgan fingerprint density at radius 3 is 2.16 bits per heavy atom. The molecule has 9 heteroatoms. The van der Waals surface area contributed by atoms with Crippen LogP contribution in [0, 0.1) is 6.92 Å². The largest absolute Gasteiger partial charge is 0.497 e. The van der Waals surface area contributed by atoms with Crippen molar-refractivity contribution in [1.29, 1.82) is 0 Å². The summed E-state index contributed by atoms with van der Waals surface area (Å²) in [7, 11) is -1.20. The maximum atomic E-state index is 13.8. The van der Waals surface area contributed by atoms with Crippen LogP contribution >= 0.6 is 0 Å². The molecule has 0 saturated carbocycles. The van der Waals surface area contributed by atoms with Crippen LogP contribution in [0.1, 0.15) is 16.7 Å². The second kappa shape index (κ2) is 11.8. The summed E-state index contributed by atoms with van der Waals surface area (Å²) in [5.74, 6) is 0.206. The molecule has 1 aromatic heterocycles. The number of hydrogen-bond acceptors (Lipinski definition) is 6. The van der Waals surface area contributed by atoms with Crippen LogP contribution < -0.4 is 19.1 Å². The van der Waals surface area contributed by atoms with Gasteiger partial charge in [0.2, 0.25) is 5.91 Å². The monoisotopic (exact) mass is 531 g/mol. The molecule has 8 nitrogen and oxygen atoms in total. The van der Waals surface area contributed by atoms with Crippen molar-refractivity contribution in [1.82, 2.24) is 4.98 Å². The number of methoxy groups -OCH3 is 2. The summed E-state index contributed by atoms with van der Waals surface area (Å²) in [6.45, 7) is 1.40. The lowest BCUT2D eigenvalue weighted by Gasteiger charge is -2.26. The molecule has 4 rings (SSSR count). The number of anilines is 2. The minimum atomic E-state index is -4.13. The first-order valence-electron chi connectivity index (χ1n) is 11.9. The second-order valence-electron chi connectivity index (χ2n) is 8.64. The number of pyridine rings is 1. The summed E-state index contributed by atoms with van der Waals surface area (Å²) in [4.78, 5) is 17.2. The number of aryl methyl sites for hydroxylation is 1. The van der Waals surface area contributed by atoms with E-state index in [0.29, 0.717) is 11.4 Å². The van der Waals surface area contributed by atoms with Crippen LogP contribution in [0.4, 0.5) is 11.4 Å². The second-order valence-corrected chi connectivity index (χ2v) is 10.5. The molecule has 196 valence electrons. The number of carbonyl (C=O) groups is 1. The number of rotatable bonds is 10. The summed E-state index contributed by atoms with van der Waals surface area (Å²) < 4.78 is 39.3. The maximum absolute atomic E-state index is 13.8. The fourth-order valence-corrected chi connectivity index (χ4v) is 5.33. The molecule has 0 aliphatic carbocycles. The molecule has 0 radical (unpaired) electrons. The molecule has 4 aromatic rings. The topological polar surface area (TPSA) is 97.8 Å². The van der Waals surface area contributed by atoms with E-state index in [1.165, 1.54) is 32.4 Å². The van der Waals surface area contributed by atoms with Gasteiger partial charge in [-0.25, -0.2) is 8.42 Å². The van der Waals surface area contributed by atoms with Gasteiger partial charge in [0.25, 0.3) is 10.0 Å². The smallest absolute Gasteiger partial charge is 0.264 e. The van der Waals surface area contributed by atoms with Crippen LogP contribution in [0.25, 0.3) is 0 Å². The fourth-order valence-electron chi connectivity index (χ4n) is 3.90. The summed E-state index contributed by atoms with van der Waals surface area (Å²) in [6, 6.07) is 22.6. The van der Waals surface area contributed by atoms with Crippen LogP contribution in [-0.4, -0.2) is 40.1 Å². The van der Waals surface area contributed by atoms with Gasteiger partial charge in [0, 0.05) is 24.1 Å². The molecule has 38 heavy (non-hydrogen) atoms. The molecule has 0 aliphatic rings. The van der Waals surface area contributed by atoms with Crippen LogP contribution in [0.15, 0.2) is 96.2 Å². The van der Waals surface area contributed by atoms with Crippen LogP contribution in [0.5, 0.6) is 11.5 Å². The van der Waals surface area contributed by atoms with Gasteiger partial charge in [-0.1, -0.05) is 29.8 Å². The highest BCUT2D eigenvalue weighted by Crippen LogP contribution is 2.35. The van der Waals surface area contributed by atoms with Crippen molar-refractivity contribution in [3.05, 3.63) is 108 Å². The average Bonchev–Trinajstić information content (AvgIpc) is 2.93. The van der Waals surface area contributed by atoms with Gasteiger partial charge in [-0.15, -0.1) is 0 Å². The predicted molar refractivity (Wildman–Crippen MR) is 147 cm³/mol. The highest BCUT2D eigenvalue weighted by atomic mass is 32.2. The van der Waals surface area contributed by atoms with Crippen molar-refractivity contribution in [3.63, 3.8) is 0 Å². The molecule has 0 bridgehead atoms. The summed E-state index contributed by atoms with van der Waals surface area (Å²) in [5.41, 5.74) is 3.86. The molecule has 1 N–H and O–H groups in total. The van der Waals surface area contributed by atoms with E-state index in [1.807, 2.05) is 31.2 Å². The van der Waals surface area contributed by atoms with E-state index in [9.17, 15) is 13.2 Å². The van der Waals surface area contributed by atoms with Gasteiger partial charge in [-0.3, -0.25) is 14.1 Å². The van der Waals surface area contributed by atoms with Crippen molar-refractivity contribution in [2.75, 3.05) is 30.4 Å². The fraction of sp³-hybridized carbons (Fsp3) is 0.172. The molecule has 0 fully saturated rings. The third kappa shape index (κ3) is 6.30. The Kier molecular flexibility index (Phi) is 8.28. The van der Waals surface area contributed by atoms with Crippen LogP contribution in [0.3, 0.4) is 0 Å². The molecule has 0 atom stereocenters. The maximum Gasteiger partial charge on any atom is 0.264 e. The van der Waals surface area contributed by atoms with Crippen molar-refractivity contribution in [2.45, 2.75) is 18.2 Å². The first-order chi connectivity index (χ1) is 18.3. The van der Waals surface area contributed by atoms with E-state index in [2.05, 4.69) is 10.3 Å². The van der Waals surface area contributed by atoms with E-state index in [1.54, 1.807) is 48.8 Å². The molecule has 0 spiro atoms. The zero-order chi connectivity index (χ0) is 27.1. The minimum absolute atomic E-state index is 0.0567. The van der Waals surface area contributed by atoms with E-state index < -0.39 is 22.5 Å². The van der Waals surface area contributed by atoms with Gasteiger partial charge in [0.1, 0.15) is 18.0 Å². The minimum Gasteiger partial charge on any atom is -0.497 e. The van der Waals surface area contributed by atoms with Crippen molar-refractivity contribution in [2.24, 2.45) is 0 Å². The lowest BCUT2D eigenvalue weighted by molar-refractivity contribution is -0.114. The van der Waals surface area contributed by atoms with Crippen LogP contribution in [-0.2, 0) is 21.2 Å². The van der Waals surface area contributed by atoms with Crippen molar-refractivity contribution in [3.8, 4) is 11.5 Å². The third-order valence-electron chi connectivity index (χ3n) is 5.95. The zero-order valence-electron chi connectivity index (χ0n) is 21.4. The van der Waals surface area contributed by atoms with Gasteiger partial charge < -0.3 is 14.8 Å². The molecule has 1 amide bonds. The van der Waals surface area contributed by atoms with E-state index in [4.69, 9.17) is 9.47 Å². The number of nitrogens with zero attached hydrogens (tertiary/aromatic N) is 2. The van der Waals surface area contributed by atoms with Gasteiger partial charge in [0.15, 0.2) is 0 Å². The van der Waals surface area contributed by atoms with E-state index >= 15 is 0 Å². The Labute approximate surface area is 222 Å². The number of carbonyl (C=O) groups excluding carboxylic acids is 1. The standard InChI is InChI=1S/C29H29N3O5S/c1-21-4-11-26(12-5-21)38(34,35)32(27-19-25(36-2)10-13-28(27)37-3)20-29(33)31-24-8-6-22(7-9-24)18-23-14-16-30-17-15-23/h4-17,19H,18,20H2,1-3H3,(H,31,33). The van der Waals surface area contributed by atoms with Gasteiger partial charge in [0.05, 0.1) is 24.8 Å². The SMILES string of the molecule is COc1ccc(OC)c(N(CC(=O)Nc2ccc(Cc3ccncc3)cc2)S(=O)(=O)c2ccc(C)cc2)c1. The number of ether oxygens (including phenoxy) is 2. The Bertz CT molecular complexity index is 1490. The first kappa shape index (κ1) is 26.7. The van der Waals surface area contributed by atoms with Gasteiger partial charge in [-0.2, -0.15) is 0 Å². The number of amides is 1. The molecule has 0 unspecified atom stereocenters. The number of sulfonamides is 1. The van der Waals surface area contributed by atoms with Crippen LogP contribution in [0.2, 0.25) is 0 Å². The first-order valence-corrected chi connectivity index (χ1v) is 13.3. The molecule has 1 heterocycles. The van der Waals surface area contributed by atoms with E-state index in [-0.39, 0.29) is 16.3 Å². The molecule has 0 aliphatic heterocycles.